The van der Waals surface area contributed by atoms with Gasteiger partial charge in [-0.15, -0.1) is 0 Å². The van der Waals surface area contributed by atoms with Crippen LogP contribution in [0.1, 0.15) is 5.56 Å². The number of rotatable bonds is 4. The monoisotopic (exact) mass is 278 g/mol. The van der Waals surface area contributed by atoms with E-state index in [1.807, 2.05) is 60.7 Å². The van der Waals surface area contributed by atoms with Gasteiger partial charge in [0.25, 0.3) is 0 Å². The molecule has 0 fully saturated rings. The number of ether oxygens (including phenoxy) is 1. The molecule has 0 N–H and O–H groups in total. The molecule has 0 aliphatic rings. The standard InChI is InChI=1S/C19H15FO/c20-18-12-6-4-10-16(18)14-21-19-13-7-5-11-17(19)15-8-2-1-3-9-15/h1-13H,14H2. The van der Waals surface area contributed by atoms with E-state index in [0.717, 1.165) is 16.9 Å². The molecule has 0 unspecified atom stereocenters. The molecule has 1 nitrogen and oxygen atoms in total. The van der Waals surface area contributed by atoms with Crippen LogP contribution in [0.2, 0.25) is 0 Å². The van der Waals surface area contributed by atoms with E-state index in [9.17, 15) is 4.39 Å². The van der Waals surface area contributed by atoms with Crippen molar-refractivity contribution in [3.05, 3.63) is 90.2 Å². The smallest absolute Gasteiger partial charge is 0.129 e. The number of para-hydroxylation sites is 1. The van der Waals surface area contributed by atoms with Crippen LogP contribution in [0.4, 0.5) is 4.39 Å². The second-order valence-electron chi connectivity index (χ2n) is 4.74. The third kappa shape index (κ3) is 3.11. The minimum Gasteiger partial charge on any atom is -0.488 e. The lowest BCUT2D eigenvalue weighted by atomic mass is 10.0. The van der Waals surface area contributed by atoms with Gasteiger partial charge in [-0.1, -0.05) is 66.7 Å². The van der Waals surface area contributed by atoms with E-state index in [1.54, 1.807) is 12.1 Å². The van der Waals surface area contributed by atoms with Gasteiger partial charge in [-0.2, -0.15) is 0 Å². The summed E-state index contributed by atoms with van der Waals surface area (Å²) in [5, 5.41) is 0. The Morgan fingerprint density at radius 3 is 2.19 bits per heavy atom. The van der Waals surface area contributed by atoms with Crippen molar-refractivity contribution in [3.8, 4) is 16.9 Å². The number of hydrogen-bond donors (Lipinski definition) is 0. The van der Waals surface area contributed by atoms with Crippen LogP contribution in [-0.4, -0.2) is 0 Å². The number of benzene rings is 3. The molecule has 0 saturated carbocycles. The minimum absolute atomic E-state index is 0.219. The summed E-state index contributed by atoms with van der Waals surface area (Å²) in [6, 6.07) is 24.5. The van der Waals surface area contributed by atoms with Crippen LogP contribution in [0.3, 0.4) is 0 Å². The van der Waals surface area contributed by atoms with Crippen LogP contribution in [0, 0.1) is 5.82 Å². The Kier molecular flexibility index (Phi) is 3.97. The van der Waals surface area contributed by atoms with Gasteiger partial charge in [-0.25, -0.2) is 4.39 Å². The highest BCUT2D eigenvalue weighted by Gasteiger charge is 2.07. The van der Waals surface area contributed by atoms with Gasteiger partial charge in [-0.05, 0) is 17.7 Å². The molecule has 3 aromatic carbocycles. The number of halogens is 1. The summed E-state index contributed by atoms with van der Waals surface area (Å²) in [4.78, 5) is 0. The highest BCUT2D eigenvalue weighted by molar-refractivity contribution is 5.70. The van der Waals surface area contributed by atoms with Crippen molar-refractivity contribution in [1.29, 1.82) is 0 Å². The first-order valence-electron chi connectivity index (χ1n) is 6.85. The Hall–Kier alpha value is -2.61. The molecule has 0 atom stereocenters. The minimum atomic E-state index is -0.241. The summed E-state index contributed by atoms with van der Waals surface area (Å²) in [6.07, 6.45) is 0. The predicted molar refractivity (Wildman–Crippen MR) is 82.6 cm³/mol. The molecule has 3 rings (SSSR count). The first kappa shape index (κ1) is 13.4. The van der Waals surface area contributed by atoms with Gasteiger partial charge in [0.05, 0.1) is 0 Å². The molecule has 2 heteroatoms. The molecule has 0 aromatic heterocycles. The van der Waals surface area contributed by atoms with Crippen LogP contribution in [0.15, 0.2) is 78.9 Å². The Bertz CT molecular complexity index is 722. The van der Waals surface area contributed by atoms with Gasteiger partial charge in [-0.3, -0.25) is 0 Å². The number of hydrogen-bond acceptors (Lipinski definition) is 1. The Balaban J connectivity index is 1.85. The zero-order valence-corrected chi connectivity index (χ0v) is 11.5. The molecular formula is C19H15FO. The second-order valence-corrected chi connectivity index (χ2v) is 4.74. The lowest BCUT2D eigenvalue weighted by molar-refractivity contribution is 0.301. The lowest BCUT2D eigenvalue weighted by Gasteiger charge is -2.12. The summed E-state index contributed by atoms with van der Waals surface area (Å²) in [5.74, 6) is 0.515. The second kappa shape index (κ2) is 6.23. The largest absolute Gasteiger partial charge is 0.488 e. The fourth-order valence-corrected chi connectivity index (χ4v) is 2.22. The fraction of sp³-hybridized carbons (Fsp3) is 0.0526. The first-order chi connectivity index (χ1) is 10.3. The molecule has 21 heavy (non-hydrogen) atoms. The van der Waals surface area contributed by atoms with Gasteiger partial charge in [0.1, 0.15) is 18.2 Å². The van der Waals surface area contributed by atoms with Crippen LogP contribution in [0.5, 0.6) is 5.75 Å². The zero-order chi connectivity index (χ0) is 14.5. The Labute approximate surface area is 123 Å². The maximum absolute atomic E-state index is 13.6. The van der Waals surface area contributed by atoms with Gasteiger partial charge in [0, 0.05) is 11.1 Å². The maximum Gasteiger partial charge on any atom is 0.129 e. The van der Waals surface area contributed by atoms with Crippen molar-refractivity contribution in [2.75, 3.05) is 0 Å². The highest BCUT2D eigenvalue weighted by atomic mass is 19.1. The van der Waals surface area contributed by atoms with Crippen molar-refractivity contribution in [2.45, 2.75) is 6.61 Å². The van der Waals surface area contributed by atoms with Crippen molar-refractivity contribution >= 4 is 0 Å². The topological polar surface area (TPSA) is 9.23 Å². The average molecular weight is 278 g/mol. The third-order valence-corrected chi connectivity index (χ3v) is 3.31. The third-order valence-electron chi connectivity index (χ3n) is 3.31. The van der Waals surface area contributed by atoms with E-state index < -0.39 is 0 Å². The van der Waals surface area contributed by atoms with Gasteiger partial charge >= 0.3 is 0 Å². The highest BCUT2D eigenvalue weighted by Crippen LogP contribution is 2.30. The quantitative estimate of drug-likeness (QED) is 0.647. The van der Waals surface area contributed by atoms with Crippen LogP contribution in [0.25, 0.3) is 11.1 Å². The van der Waals surface area contributed by atoms with Gasteiger partial charge in [0.2, 0.25) is 0 Å². The SMILES string of the molecule is Fc1ccccc1COc1ccccc1-c1ccccc1. The molecular weight excluding hydrogens is 263 g/mol. The normalized spacial score (nSPS) is 10.3. The summed E-state index contributed by atoms with van der Waals surface area (Å²) in [6.45, 7) is 0.219. The molecule has 0 radical (unpaired) electrons. The van der Waals surface area contributed by atoms with E-state index in [4.69, 9.17) is 4.74 Å². The predicted octanol–water partition coefficient (Wildman–Crippen LogP) is 5.07. The van der Waals surface area contributed by atoms with E-state index in [0.29, 0.717) is 5.56 Å². The molecule has 0 aliphatic heterocycles. The van der Waals surface area contributed by atoms with Crippen LogP contribution >= 0.6 is 0 Å². The van der Waals surface area contributed by atoms with Crippen molar-refractivity contribution in [2.24, 2.45) is 0 Å². The van der Waals surface area contributed by atoms with E-state index in [1.165, 1.54) is 6.07 Å². The van der Waals surface area contributed by atoms with Crippen LogP contribution in [-0.2, 0) is 6.61 Å². The summed E-state index contributed by atoms with van der Waals surface area (Å²) in [7, 11) is 0. The maximum atomic E-state index is 13.6. The average Bonchev–Trinajstić information content (AvgIpc) is 2.55. The molecule has 0 aliphatic carbocycles. The molecule has 0 amide bonds. The Morgan fingerprint density at radius 2 is 1.38 bits per heavy atom. The van der Waals surface area contributed by atoms with Gasteiger partial charge < -0.3 is 4.74 Å². The first-order valence-corrected chi connectivity index (χ1v) is 6.85. The fourth-order valence-electron chi connectivity index (χ4n) is 2.22. The van der Waals surface area contributed by atoms with Crippen molar-refractivity contribution in [3.63, 3.8) is 0 Å². The van der Waals surface area contributed by atoms with Crippen molar-refractivity contribution in [1.82, 2.24) is 0 Å². The molecule has 0 heterocycles. The van der Waals surface area contributed by atoms with Crippen molar-refractivity contribution < 1.29 is 9.13 Å². The van der Waals surface area contributed by atoms with Gasteiger partial charge in [0.15, 0.2) is 0 Å². The summed E-state index contributed by atoms with van der Waals surface area (Å²) >= 11 is 0. The van der Waals surface area contributed by atoms with E-state index in [-0.39, 0.29) is 12.4 Å². The molecule has 0 saturated heterocycles. The molecule has 0 bridgehead atoms. The van der Waals surface area contributed by atoms with Crippen LogP contribution < -0.4 is 4.74 Å². The molecule has 104 valence electrons. The Morgan fingerprint density at radius 1 is 0.714 bits per heavy atom. The summed E-state index contributed by atoms with van der Waals surface area (Å²) < 4.78 is 19.5. The lowest BCUT2D eigenvalue weighted by Crippen LogP contribution is -1.99. The zero-order valence-electron chi connectivity index (χ0n) is 11.5. The molecule has 3 aromatic rings. The van der Waals surface area contributed by atoms with E-state index >= 15 is 0 Å². The van der Waals surface area contributed by atoms with E-state index in [2.05, 4.69) is 0 Å². The molecule has 0 spiro atoms. The summed E-state index contributed by atoms with van der Waals surface area (Å²) in [5.41, 5.74) is 2.65.